The number of nitrogens with one attached hydrogen (secondary N) is 1. The summed E-state index contributed by atoms with van der Waals surface area (Å²) in [5.41, 5.74) is 0. The molecule has 0 bridgehead atoms. The molecule has 1 atom stereocenters. The van der Waals surface area contributed by atoms with E-state index in [4.69, 9.17) is 0 Å². The Morgan fingerprint density at radius 1 is 0.941 bits per heavy atom. The van der Waals surface area contributed by atoms with Crippen molar-refractivity contribution in [2.45, 2.75) is 77.6 Å². The zero-order valence-electron chi connectivity index (χ0n) is 12.9. The Morgan fingerprint density at radius 3 is 1.71 bits per heavy atom. The Balaban J connectivity index is 2.69. The minimum Gasteiger partial charge on any atom is -0.359 e. The molecule has 0 heterocycles. The van der Waals surface area contributed by atoms with Gasteiger partial charge < -0.3 is 8.88 Å². The van der Waals surface area contributed by atoms with Crippen molar-refractivity contribution in [2.75, 3.05) is 0 Å². The zero-order chi connectivity index (χ0) is 13.3. The van der Waals surface area contributed by atoms with E-state index in [9.17, 15) is 0 Å². The van der Waals surface area contributed by atoms with Gasteiger partial charge in [0.1, 0.15) is 16.5 Å². The number of nitrogens with zero attached hydrogens (tertiary/aromatic N) is 1. The van der Waals surface area contributed by atoms with Crippen molar-refractivity contribution < 1.29 is 0 Å². The van der Waals surface area contributed by atoms with Crippen molar-refractivity contribution in [3.63, 3.8) is 0 Å². The van der Waals surface area contributed by atoms with Crippen LogP contribution in [0.15, 0.2) is 0 Å². The molecule has 0 aliphatic heterocycles. The smallest absolute Gasteiger partial charge is 0.171 e. The van der Waals surface area contributed by atoms with Crippen molar-refractivity contribution >= 4 is 25.6 Å². The lowest BCUT2D eigenvalue weighted by atomic mass is 10.3. The highest BCUT2D eigenvalue weighted by molar-refractivity contribution is 6.98. The maximum atomic E-state index is 4.03. The quantitative estimate of drug-likeness (QED) is 0.781. The Labute approximate surface area is 112 Å². The van der Waals surface area contributed by atoms with Crippen molar-refractivity contribution in [2.24, 2.45) is 0 Å². The third-order valence-electron chi connectivity index (χ3n) is 3.66. The second-order valence-corrected chi connectivity index (χ2v) is 20.9. The summed E-state index contributed by atoms with van der Waals surface area (Å²) in [5.74, 6) is 0. The molecule has 17 heavy (non-hydrogen) atoms. The van der Waals surface area contributed by atoms with Crippen LogP contribution in [0.5, 0.6) is 0 Å². The molecule has 0 spiro atoms. The standard InChI is InChI=1S/C12H32N2Si3/c1-15(13-12-10-8-9-11-12)14(16(2,3)4)17(5,6)7/h12-13,15H,8-11H2,1-7H3. The molecule has 0 amide bonds. The van der Waals surface area contributed by atoms with Crippen molar-refractivity contribution in [3.8, 4) is 0 Å². The van der Waals surface area contributed by atoms with Crippen LogP contribution in [0.1, 0.15) is 25.7 Å². The molecular weight excluding hydrogens is 256 g/mol. The minimum absolute atomic E-state index is 0.840. The Morgan fingerprint density at radius 2 is 1.35 bits per heavy atom. The van der Waals surface area contributed by atoms with E-state index in [2.05, 4.69) is 54.7 Å². The van der Waals surface area contributed by atoms with E-state index in [1.165, 1.54) is 25.7 Å². The molecule has 1 unspecified atom stereocenters. The van der Waals surface area contributed by atoms with E-state index < -0.39 is 25.6 Å². The fourth-order valence-electron chi connectivity index (χ4n) is 3.68. The molecule has 0 radical (unpaired) electrons. The lowest BCUT2D eigenvalue weighted by Gasteiger charge is -2.48. The first-order chi connectivity index (χ1) is 7.62. The lowest BCUT2D eigenvalue weighted by Crippen LogP contribution is -2.69. The highest BCUT2D eigenvalue weighted by atomic mass is 28.5. The SMILES string of the molecule is C[SiH](NC1CCCC1)N([Si](C)(C)C)[Si](C)(C)C. The van der Waals surface area contributed by atoms with Crippen molar-refractivity contribution in [3.05, 3.63) is 0 Å². The number of hydrogen-bond donors (Lipinski definition) is 1. The van der Waals surface area contributed by atoms with Crippen molar-refractivity contribution in [1.29, 1.82) is 0 Å². The maximum Gasteiger partial charge on any atom is 0.171 e. The van der Waals surface area contributed by atoms with Gasteiger partial charge in [0.15, 0.2) is 9.12 Å². The van der Waals surface area contributed by atoms with E-state index in [1.807, 2.05) is 0 Å². The maximum absolute atomic E-state index is 4.03. The second kappa shape index (κ2) is 5.69. The summed E-state index contributed by atoms with van der Waals surface area (Å²) in [5, 5.41) is 0. The van der Waals surface area contributed by atoms with Crippen LogP contribution < -0.4 is 4.98 Å². The molecule has 1 saturated carbocycles. The third-order valence-corrected chi connectivity index (χ3v) is 19.3. The second-order valence-electron chi connectivity index (χ2n) is 7.54. The van der Waals surface area contributed by atoms with E-state index >= 15 is 0 Å². The predicted molar refractivity (Wildman–Crippen MR) is 86.9 cm³/mol. The molecule has 0 saturated heterocycles. The summed E-state index contributed by atoms with van der Waals surface area (Å²) in [6.45, 7) is 17.6. The minimum atomic E-state index is -1.16. The summed E-state index contributed by atoms with van der Waals surface area (Å²) in [7, 11) is -3.24. The van der Waals surface area contributed by atoms with Crippen LogP contribution in [-0.4, -0.2) is 35.5 Å². The highest BCUT2D eigenvalue weighted by Crippen LogP contribution is 2.23. The molecule has 1 aliphatic carbocycles. The van der Waals surface area contributed by atoms with Crippen LogP contribution in [0.25, 0.3) is 0 Å². The van der Waals surface area contributed by atoms with Gasteiger partial charge in [-0.3, -0.25) is 0 Å². The molecule has 5 heteroatoms. The monoisotopic (exact) mass is 288 g/mol. The summed E-state index contributed by atoms with van der Waals surface area (Å²) in [6, 6.07) is 0.840. The van der Waals surface area contributed by atoms with E-state index in [1.54, 1.807) is 0 Å². The topological polar surface area (TPSA) is 15.3 Å². The number of hydrogen-bond acceptors (Lipinski definition) is 2. The molecule has 0 aromatic carbocycles. The first-order valence-electron chi connectivity index (χ1n) is 7.18. The first kappa shape index (κ1) is 15.6. The molecule has 0 aromatic rings. The Bertz CT molecular complexity index is 225. The van der Waals surface area contributed by atoms with Crippen molar-refractivity contribution in [1.82, 2.24) is 8.88 Å². The zero-order valence-corrected chi connectivity index (χ0v) is 16.1. The van der Waals surface area contributed by atoms with Gasteiger partial charge in [-0.25, -0.2) is 0 Å². The van der Waals surface area contributed by atoms with Gasteiger partial charge >= 0.3 is 0 Å². The van der Waals surface area contributed by atoms with Crippen LogP contribution in [0.4, 0.5) is 0 Å². The third kappa shape index (κ3) is 4.63. The Hall–Kier alpha value is 0.571. The van der Waals surface area contributed by atoms with Gasteiger partial charge in [-0.05, 0) is 19.4 Å². The lowest BCUT2D eigenvalue weighted by molar-refractivity contribution is 0.622. The predicted octanol–water partition coefficient (Wildman–Crippen LogP) is 3.34. The van der Waals surface area contributed by atoms with E-state index in [0.717, 1.165) is 6.04 Å². The van der Waals surface area contributed by atoms with Crippen LogP contribution in [-0.2, 0) is 0 Å². The van der Waals surface area contributed by atoms with Gasteiger partial charge in [0.2, 0.25) is 0 Å². The average molecular weight is 289 g/mol. The molecule has 2 nitrogen and oxygen atoms in total. The number of rotatable bonds is 5. The van der Waals surface area contributed by atoms with Crippen LogP contribution in [0, 0.1) is 0 Å². The Kier molecular flexibility index (Phi) is 5.23. The molecule has 102 valence electrons. The summed E-state index contributed by atoms with van der Waals surface area (Å²) in [6.07, 6.45) is 5.72. The molecule has 1 aliphatic rings. The largest absolute Gasteiger partial charge is 0.359 e. The van der Waals surface area contributed by atoms with Gasteiger partial charge in [0.25, 0.3) is 0 Å². The molecular formula is C12H32N2Si3. The molecule has 1 N–H and O–H groups in total. The van der Waals surface area contributed by atoms with Gasteiger partial charge in [-0.1, -0.05) is 52.1 Å². The van der Waals surface area contributed by atoms with E-state index in [0.29, 0.717) is 0 Å². The first-order valence-corrected chi connectivity index (χ1v) is 16.3. The summed E-state index contributed by atoms with van der Waals surface area (Å²) >= 11 is 0. The van der Waals surface area contributed by atoms with Gasteiger partial charge in [0, 0.05) is 6.04 Å². The fourth-order valence-corrected chi connectivity index (χ4v) is 22.6. The highest BCUT2D eigenvalue weighted by Gasteiger charge is 2.38. The van der Waals surface area contributed by atoms with Crippen LogP contribution in [0.2, 0.25) is 45.8 Å². The fraction of sp³-hybridized carbons (Fsp3) is 1.00. The normalized spacial score (nSPS) is 21.2. The van der Waals surface area contributed by atoms with Gasteiger partial charge in [0.05, 0.1) is 0 Å². The molecule has 1 rings (SSSR count). The summed E-state index contributed by atoms with van der Waals surface area (Å²) in [4.78, 5) is 4.03. The van der Waals surface area contributed by atoms with Gasteiger partial charge in [-0.15, -0.1) is 0 Å². The molecule has 0 aromatic heterocycles. The average Bonchev–Trinajstić information content (AvgIpc) is 2.49. The van der Waals surface area contributed by atoms with E-state index in [-0.39, 0.29) is 0 Å². The van der Waals surface area contributed by atoms with Crippen LogP contribution >= 0.6 is 0 Å². The van der Waals surface area contributed by atoms with Gasteiger partial charge in [-0.2, -0.15) is 0 Å². The molecule has 1 fully saturated rings. The van der Waals surface area contributed by atoms with Crippen LogP contribution in [0.3, 0.4) is 0 Å². The summed E-state index contributed by atoms with van der Waals surface area (Å²) < 4.78 is 3.01.